The maximum atomic E-state index is 11.4. The van der Waals surface area contributed by atoms with Gasteiger partial charge in [-0.05, 0) is 22.4 Å². The molecule has 9 heteroatoms. The number of carboxylic acids is 1. The molecule has 0 fully saturated rings. The van der Waals surface area contributed by atoms with Crippen molar-refractivity contribution in [2.45, 2.75) is 12.8 Å². The van der Waals surface area contributed by atoms with Gasteiger partial charge in [-0.2, -0.15) is 0 Å². The van der Waals surface area contributed by atoms with E-state index in [1.807, 2.05) is 0 Å². The number of rotatable bonds is 6. The molecule has 90 valence electrons. The molecule has 0 amide bonds. The van der Waals surface area contributed by atoms with Crippen LogP contribution in [0.25, 0.3) is 0 Å². The SMILES string of the molecule is O=C(O)CCCS(=O)(=O)Nc1ncc(Br)s1. The van der Waals surface area contributed by atoms with Gasteiger partial charge in [0.15, 0.2) is 5.13 Å². The van der Waals surface area contributed by atoms with Gasteiger partial charge in [0.1, 0.15) is 0 Å². The van der Waals surface area contributed by atoms with E-state index in [1.54, 1.807) is 0 Å². The van der Waals surface area contributed by atoms with E-state index in [4.69, 9.17) is 5.11 Å². The minimum absolute atomic E-state index is 0.0806. The summed E-state index contributed by atoms with van der Waals surface area (Å²) >= 11 is 4.31. The Hall–Kier alpha value is -0.670. The summed E-state index contributed by atoms with van der Waals surface area (Å²) in [4.78, 5) is 14.0. The predicted octanol–water partition coefficient (Wildman–Crippen LogP) is 1.51. The summed E-state index contributed by atoms with van der Waals surface area (Å²) in [6.07, 6.45) is 1.40. The Kier molecular flexibility index (Phi) is 4.69. The zero-order valence-electron chi connectivity index (χ0n) is 8.01. The third kappa shape index (κ3) is 4.90. The maximum Gasteiger partial charge on any atom is 0.303 e. The van der Waals surface area contributed by atoms with Gasteiger partial charge in [0, 0.05) is 6.42 Å². The first-order chi connectivity index (χ1) is 7.39. The standard InChI is InChI=1S/C7H9BrN2O4S2/c8-5-4-9-7(15-5)10-16(13,14)3-1-2-6(11)12/h4H,1-3H2,(H,9,10)(H,11,12). The number of hydrogen-bond acceptors (Lipinski definition) is 5. The van der Waals surface area contributed by atoms with Gasteiger partial charge >= 0.3 is 5.97 Å². The van der Waals surface area contributed by atoms with Gasteiger partial charge in [-0.25, -0.2) is 13.4 Å². The first-order valence-electron chi connectivity index (χ1n) is 4.23. The molecule has 0 saturated carbocycles. The summed E-state index contributed by atoms with van der Waals surface area (Å²) in [6, 6.07) is 0. The van der Waals surface area contributed by atoms with Crippen LogP contribution in [0.3, 0.4) is 0 Å². The van der Waals surface area contributed by atoms with Crippen molar-refractivity contribution in [3.05, 3.63) is 9.98 Å². The highest BCUT2D eigenvalue weighted by Gasteiger charge is 2.13. The topological polar surface area (TPSA) is 96.4 Å². The minimum Gasteiger partial charge on any atom is -0.481 e. The molecule has 0 aromatic carbocycles. The van der Waals surface area contributed by atoms with Gasteiger partial charge in [-0.3, -0.25) is 9.52 Å². The van der Waals surface area contributed by atoms with E-state index in [0.717, 1.165) is 15.1 Å². The Labute approximate surface area is 105 Å². The number of aromatic nitrogens is 1. The largest absolute Gasteiger partial charge is 0.481 e. The van der Waals surface area contributed by atoms with Crippen LogP contribution < -0.4 is 4.72 Å². The molecule has 0 radical (unpaired) electrons. The van der Waals surface area contributed by atoms with Crippen LogP contribution in [0.4, 0.5) is 5.13 Å². The number of anilines is 1. The number of sulfonamides is 1. The van der Waals surface area contributed by atoms with E-state index < -0.39 is 16.0 Å². The fourth-order valence-electron chi connectivity index (χ4n) is 0.899. The molecule has 0 aliphatic rings. The Morgan fingerprint density at radius 2 is 2.31 bits per heavy atom. The summed E-state index contributed by atoms with van der Waals surface area (Å²) in [6.45, 7) is 0. The first-order valence-corrected chi connectivity index (χ1v) is 7.49. The second-order valence-electron chi connectivity index (χ2n) is 2.89. The zero-order chi connectivity index (χ0) is 12.2. The summed E-state index contributed by atoms with van der Waals surface area (Å²) < 4.78 is 25.9. The van der Waals surface area contributed by atoms with E-state index in [2.05, 4.69) is 25.6 Å². The molecule has 0 atom stereocenters. The van der Waals surface area contributed by atoms with Crippen molar-refractivity contribution in [2.75, 3.05) is 10.5 Å². The molecule has 0 spiro atoms. The maximum absolute atomic E-state index is 11.4. The van der Waals surface area contributed by atoms with Crippen molar-refractivity contribution in [1.82, 2.24) is 4.98 Å². The van der Waals surface area contributed by atoms with Gasteiger partial charge in [-0.1, -0.05) is 11.3 Å². The van der Waals surface area contributed by atoms with Gasteiger partial charge in [-0.15, -0.1) is 0 Å². The summed E-state index contributed by atoms with van der Waals surface area (Å²) in [7, 11) is -3.50. The molecule has 1 heterocycles. The normalized spacial score (nSPS) is 11.3. The molecule has 1 aromatic rings. The molecule has 0 bridgehead atoms. The number of aliphatic carboxylic acids is 1. The number of carboxylic acid groups (broad SMARTS) is 1. The number of nitrogens with zero attached hydrogens (tertiary/aromatic N) is 1. The van der Waals surface area contributed by atoms with Crippen molar-refractivity contribution in [3.8, 4) is 0 Å². The lowest BCUT2D eigenvalue weighted by molar-refractivity contribution is -0.137. The Morgan fingerprint density at radius 1 is 1.62 bits per heavy atom. The quantitative estimate of drug-likeness (QED) is 0.825. The average molecular weight is 329 g/mol. The smallest absolute Gasteiger partial charge is 0.303 e. The van der Waals surface area contributed by atoms with Crippen LogP contribution >= 0.6 is 27.3 Å². The van der Waals surface area contributed by atoms with Crippen molar-refractivity contribution in [3.63, 3.8) is 0 Å². The number of carbonyl (C=O) groups is 1. The Bertz CT molecular complexity index is 470. The Morgan fingerprint density at radius 3 is 2.81 bits per heavy atom. The molecular formula is C7H9BrN2O4S2. The molecule has 0 aliphatic carbocycles. The lowest BCUT2D eigenvalue weighted by Crippen LogP contribution is -2.17. The highest BCUT2D eigenvalue weighted by molar-refractivity contribution is 9.11. The van der Waals surface area contributed by atoms with E-state index in [1.165, 1.54) is 6.20 Å². The zero-order valence-corrected chi connectivity index (χ0v) is 11.2. The highest BCUT2D eigenvalue weighted by Crippen LogP contribution is 2.24. The van der Waals surface area contributed by atoms with Crippen molar-refractivity contribution in [2.24, 2.45) is 0 Å². The monoisotopic (exact) mass is 328 g/mol. The van der Waals surface area contributed by atoms with E-state index in [-0.39, 0.29) is 23.7 Å². The Balaban J connectivity index is 2.49. The molecule has 0 unspecified atom stereocenters. The van der Waals surface area contributed by atoms with Gasteiger partial charge in [0.25, 0.3) is 0 Å². The van der Waals surface area contributed by atoms with E-state index in [9.17, 15) is 13.2 Å². The van der Waals surface area contributed by atoms with E-state index in [0.29, 0.717) is 0 Å². The molecule has 0 aliphatic heterocycles. The molecule has 2 N–H and O–H groups in total. The molecule has 1 aromatic heterocycles. The predicted molar refractivity (Wildman–Crippen MR) is 64.1 cm³/mol. The van der Waals surface area contributed by atoms with Crippen molar-refractivity contribution in [1.29, 1.82) is 0 Å². The number of hydrogen-bond donors (Lipinski definition) is 2. The van der Waals surface area contributed by atoms with Gasteiger partial charge in [0.05, 0.1) is 15.7 Å². The lowest BCUT2D eigenvalue weighted by atomic mass is 10.3. The molecule has 6 nitrogen and oxygen atoms in total. The van der Waals surface area contributed by atoms with Crippen LogP contribution in [0.5, 0.6) is 0 Å². The average Bonchev–Trinajstić information content (AvgIpc) is 2.48. The number of nitrogens with one attached hydrogen (secondary N) is 1. The van der Waals surface area contributed by atoms with Crippen LogP contribution in [0.15, 0.2) is 9.98 Å². The second kappa shape index (κ2) is 5.60. The summed E-state index contributed by atoms with van der Waals surface area (Å²) in [5.41, 5.74) is 0. The van der Waals surface area contributed by atoms with Gasteiger partial charge in [0.2, 0.25) is 10.0 Å². The molecule has 1 rings (SSSR count). The van der Waals surface area contributed by atoms with Crippen molar-refractivity contribution >= 4 is 48.4 Å². The van der Waals surface area contributed by atoms with Crippen LogP contribution in [0.2, 0.25) is 0 Å². The van der Waals surface area contributed by atoms with Gasteiger partial charge < -0.3 is 5.11 Å². The number of thiazole rings is 1. The highest BCUT2D eigenvalue weighted by atomic mass is 79.9. The fraction of sp³-hybridized carbons (Fsp3) is 0.429. The third-order valence-electron chi connectivity index (χ3n) is 1.52. The minimum atomic E-state index is -3.50. The van der Waals surface area contributed by atoms with Crippen LogP contribution in [-0.2, 0) is 14.8 Å². The summed E-state index contributed by atoms with van der Waals surface area (Å²) in [5, 5.41) is 8.64. The van der Waals surface area contributed by atoms with Crippen molar-refractivity contribution < 1.29 is 18.3 Å². The molecular weight excluding hydrogens is 320 g/mol. The summed E-state index contributed by atoms with van der Waals surface area (Å²) in [5.74, 6) is -1.23. The van der Waals surface area contributed by atoms with Crippen LogP contribution in [0.1, 0.15) is 12.8 Å². The second-order valence-corrected chi connectivity index (χ2v) is 7.14. The molecule has 0 saturated heterocycles. The van der Waals surface area contributed by atoms with Crippen LogP contribution in [0, 0.1) is 0 Å². The molecule has 16 heavy (non-hydrogen) atoms. The number of halogens is 1. The first kappa shape index (κ1) is 13.4. The van der Waals surface area contributed by atoms with E-state index >= 15 is 0 Å². The lowest BCUT2D eigenvalue weighted by Gasteiger charge is -2.03. The third-order valence-corrected chi connectivity index (χ3v) is 4.38. The van der Waals surface area contributed by atoms with Crippen LogP contribution in [-0.4, -0.2) is 30.2 Å². The fourth-order valence-corrected chi connectivity index (χ4v) is 3.35.